The third-order valence-electron chi connectivity index (χ3n) is 3.68. The Labute approximate surface area is 119 Å². The molecular formula is C18H18N2. The predicted molar refractivity (Wildman–Crippen MR) is 84.9 cm³/mol. The molecule has 0 radical (unpaired) electrons. The SMILES string of the molecule is CC1N=C(c2ccccc2)C(c2ccccc2)=NC1C. The van der Waals surface area contributed by atoms with Crippen LogP contribution in [-0.4, -0.2) is 23.5 Å². The highest BCUT2D eigenvalue weighted by Crippen LogP contribution is 2.18. The van der Waals surface area contributed by atoms with E-state index in [2.05, 4.69) is 38.1 Å². The van der Waals surface area contributed by atoms with Crippen LogP contribution in [0.5, 0.6) is 0 Å². The van der Waals surface area contributed by atoms with E-state index in [1.165, 1.54) is 0 Å². The van der Waals surface area contributed by atoms with Gasteiger partial charge in [0.05, 0.1) is 23.5 Å². The largest absolute Gasteiger partial charge is 0.277 e. The van der Waals surface area contributed by atoms with E-state index in [0.29, 0.717) is 0 Å². The van der Waals surface area contributed by atoms with E-state index in [0.717, 1.165) is 22.6 Å². The summed E-state index contributed by atoms with van der Waals surface area (Å²) in [6.45, 7) is 4.25. The number of rotatable bonds is 2. The molecule has 1 heterocycles. The van der Waals surface area contributed by atoms with Gasteiger partial charge < -0.3 is 0 Å². The first-order chi connectivity index (χ1) is 9.75. The molecule has 0 bridgehead atoms. The predicted octanol–water partition coefficient (Wildman–Crippen LogP) is 3.76. The second-order valence-electron chi connectivity index (χ2n) is 5.17. The first-order valence-corrected chi connectivity index (χ1v) is 7.02. The van der Waals surface area contributed by atoms with E-state index >= 15 is 0 Å². The van der Waals surface area contributed by atoms with Gasteiger partial charge in [0, 0.05) is 11.1 Å². The van der Waals surface area contributed by atoms with Crippen molar-refractivity contribution < 1.29 is 0 Å². The summed E-state index contributed by atoms with van der Waals surface area (Å²) >= 11 is 0. The number of hydrogen-bond donors (Lipinski definition) is 0. The molecule has 0 aromatic heterocycles. The van der Waals surface area contributed by atoms with Crippen molar-refractivity contribution in [2.45, 2.75) is 25.9 Å². The fourth-order valence-corrected chi connectivity index (χ4v) is 2.36. The van der Waals surface area contributed by atoms with Crippen molar-refractivity contribution in [1.82, 2.24) is 0 Å². The summed E-state index contributed by atoms with van der Waals surface area (Å²) in [4.78, 5) is 9.75. The highest BCUT2D eigenvalue weighted by atomic mass is 15.0. The zero-order valence-electron chi connectivity index (χ0n) is 11.8. The Bertz CT molecular complexity index is 582. The Balaban J connectivity index is 2.10. The molecule has 2 heteroatoms. The molecule has 0 amide bonds. The molecule has 20 heavy (non-hydrogen) atoms. The van der Waals surface area contributed by atoms with Gasteiger partial charge in [-0.25, -0.2) is 0 Å². The lowest BCUT2D eigenvalue weighted by molar-refractivity contribution is 0.603. The molecule has 2 atom stereocenters. The highest BCUT2D eigenvalue weighted by molar-refractivity contribution is 6.53. The van der Waals surface area contributed by atoms with E-state index in [1.54, 1.807) is 0 Å². The van der Waals surface area contributed by atoms with Crippen molar-refractivity contribution in [3.63, 3.8) is 0 Å². The minimum Gasteiger partial charge on any atom is -0.277 e. The van der Waals surface area contributed by atoms with E-state index in [4.69, 9.17) is 9.98 Å². The normalized spacial score (nSPS) is 22.1. The summed E-state index contributed by atoms with van der Waals surface area (Å²) in [5.74, 6) is 0. The fourth-order valence-electron chi connectivity index (χ4n) is 2.36. The van der Waals surface area contributed by atoms with Crippen molar-refractivity contribution in [2.24, 2.45) is 9.98 Å². The molecule has 0 N–H and O–H groups in total. The Morgan fingerprint density at radius 3 is 1.30 bits per heavy atom. The van der Waals surface area contributed by atoms with Gasteiger partial charge in [0.15, 0.2) is 0 Å². The smallest absolute Gasteiger partial charge is 0.0909 e. The molecule has 100 valence electrons. The van der Waals surface area contributed by atoms with E-state index in [9.17, 15) is 0 Å². The zero-order chi connectivity index (χ0) is 13.9. The summed E-state index contributed by atoms with van der Waals surface area (Å²) in [5.41, 5.74) is 4.27. The Kier molecular flexibility index (Phi) is 3.46. The van der Waals surface area contributed by atoms with Crippen molar-refractivity contribution in [1.29, 1.82) is 0 Å². The maximum absolute atomic E-state index is 4.88. The van der Waals surface area contributed by atoms with Crippen molar-refractivity contribution in [2.75, 3.05) is 0 Å². The van der Waals surface area contributed by atoms with Gasteiger partial charge >= 0.3 is 0 Å². The van der Waals surface area contributed by atoms with E-state index in [-0.39, 0.29) is 12.1 Å². The Morgan fingerprint density at radius 1 is 0.600 bits per heavy atom. The summed E-state index contributed by atoms with van der Waals surface area (Å²) < 4.78 is 0. The molecule has 2 nitrogen and oxygen atoms in total. The first kappa shape index (κ1) is 12.8. The fraction of sp³-hybridized carbons (Fsp3) is 0.222. The summed E-state index contributed by atoms with van der Waals surface area (Å²) in [6.07, 6.45) is 0. The minimum atomic E-state index is 0.220. The molecular weight excluding hydrogens is 244 g/mol. The van der Waals surface area contributed by atoms with Crippen LogP contribution in [0.25, 0.3) is 0 Å². The molecule has 0 aliphatic carbocycles. The standard InChI is InChI=1S/C18H18N2/c1-13-14(2)20-18(16-11-7-4-8-12-16)17(19-13)15-9-5-3-6-10-15/h3-14H,1-2H3. The lowest BCUT2D eigenvalue weighted by Gasteiger charge is -2.23. The summed E-state index contributed by atoms with van der Waals surface area (Å²) in [6, 6.07) is 21.1. The van der Waals surface area contributed by atoms with Gasteiger partial charge in [-0.2, -0.15) is 0 Å². The van der Waals surface area contributed by atoms with Gasteiger partial charge in [-0.05, 0) is 13.8 Å². The van der Waals surface area contributed by atoms with Gasteiger partial charge in [-0.1, -0.05) is 60.7 Å². The van der Waals surface area contributed by atoms with Gasteiger partial charge in [0.25, 0.3) is 0 Å². The molecule has 0 fully saturated rings. The molecule has 2 aromatic carbocycles. The lowest BCUT2D eigenvalue weighted by Crippen LogP contribution is -2.31. The third-order valence-corrected chi connectivity index (χ3v) is 3.68. The summed E-state index contributed by atoms with van der Waals surface area (Å²) in [7, 11) is 0. The number of aliphatic imine (C=N–C) groups is 2. The zero-order valence-corrected chi connectivity index (χ0v) is 11.8. The third kappa shape index (κ3) is 2.42. The molecule has 1 aliphatic heterocycles. The maximum atomic E-state index is 4.88. The molecule has 0 spiro atoms. The van der Waals surface area contributed by atoms with Crippen molar-refractivity contribution >= 4 is 11.4 Å². The Hall–Kier alpha value is -2.22. The van der Waals surface area contributed by atoms with Gasteiger partial charge in [0.1, 0.15) is 0 Å². The van der Waals surface area contributed by atoms with Crippen LogP contribution in [0.2, 0.25) is 0 Å². The second kappa shape index (κ2) is 5.41. The maximum Gasteiger partial charge on any atom is 0.0909 e. The average Bonchev–Trinajstić information content (AvgIpc) is 2.51. The summed E-state index contributed by atoms with van der Waals surface area (Å²) in [5, 5.41) is 0. The molecule has 0 saturated carbocycles. The molecule has 1 aliphatic rings. The molecule has 2 aromatic rings. The van der Waals surface area contributed by atoms with Crippen LogP contribution in [0.3, 0.4) is 0 Å². The second-order valence-corrected chi connectivity index (χ2v) is 5.17. The highest BCUT2D eigenvalue weighted by Gasteiger charge is 2.23. The van der Waals surface area contributed by atoms with Crippen LogP contribution in [0.1, 0.15) is 25.0 Å². The number of hydrogen-bond acceptors (Lipinski definition) is 2. The van der Waals surface area contributed by atoms with Crippen LogP contribution in [0.15, 0.2) is 70.6 Å². The van der Waals surface area contributed by atoms with Gasteiger partial charge in [0.2, 0.25) is 0 Å². The van der Waals surface area contributed by atoms with Gasteiger partial charge in [-0.3, -0.25) is 9.98 Å². The lowest BCUT2D eigenvalue weighted by atomic mass is 9.96. The average molecular weight is 262 g/mol. The van der Waals surface area contributed by atoms with Gasteiger partial charge in [-0.15, -0.1) is 0 Å². The van der Waals surface area contributed by atoms with Crippen molar-refractivity contribution in [3.05, 3.63) is 71.8 Å². The monoisotopic (exact) mass is 262 g/mol. The Morgan fingerprint density at radius 2 is 0.950 bits per heavy atom. The molecule has 0 saturated heterocycles. The molecule has 2 unspecified atom stereocenters. The van der Waals surface area contributed by atoms with Crippen molar-refractivity contribution in [3.8, 4) is 0 Å². The molecule has 3 rings (SSSR count). The number of nitrogens with zero attached hydrogens (tertiary/aromatic N) is 2. The minimum absolute atomic E-state index is 0.220. The van der Waals surface area contributed by atoms with Crippen LogP contribution in [0, 0.1) is 0 Å². The topological polar surface area (TPSA) is 24.7 Å². The van der Waals surface area contributed by atoms with Crippen LogP contribution >= 0.6 is 0 Å². The van der Waals surface area contributed by atoms with E-state index < -0.39 is 0 Å². The number of benzene rings is 2. The first-order valence-electron chi connectivity index (χ1n) is 7.02. The van der Waals surface area contributed by atoms with Crippen LogP contribution in [-0.2, 0) is 0 Å². The quantitative estimate of drug-likeness (QED) is 0.787. The van der Waals surface area contributed by atoms with E-state index in [1.807, 2.05) is 36.4 Å². The van der Waals surface area contributed by atoms with Crippen LogP contribution in [0.4, 0.5) is 0 Å². The van der Waals surface area contributed by atoms with Crippen LogP contribution < -0.4 is 0 Å².